The van der Waals surface area contributed by atoms with Crippen LogP contribution in [0.1, 0.15) is 68.8 Å². The van der Waals surface area contributed by atoms with Crippen LogP contribution in [0.5, 0.6) is 17.2 Å². The van der Waals surface area contributed by atoms with E-state index in [4.69, 9.17) is 19.9 Å². The van der Waals surface area contributed by atoms with E-state index in [0.29, 0.717) is 0 Å². The summed E-state index contributed by atoms with van der Waals surface area (Å²) >= 11 is 0. The molecule has 0 bridgehead atoms. The molecule has 40 heavy (non-hydrogen) atoms. The lowest BCUT2D eigenvalue weighted by molar-refractivity contribution is -0.251. The highest BCUT2D eigenvalue weighted by Gasteiger charge is 2.50. The summed E-state index contributed by atoms with van der Waals surface area (Å²) in [4.78, 5) is 27.2. The number of ketones is 2. The first-order valence-electron chi connectivity index (χ1n) is 12.6. The first kappa shape index (κ1) is 30.2. The number of methoxy groups -OCH3 is 1. The Kier molecular flexibility index (Phi) is 8.20. The summed E-state index contributed by atoms with van der Waals surface area (Å²) in [6.45, 7) is 0.768. The van der Waals surface area contributed by atoms with E-state index >= 15 is 0 Å². The van der Waals surface area contributed by atoms with Gasteiger partial charge < -0.3 is 50.6 Å². The molecule has 13 heteroatoms. The highest BCUT2D eigenvalue weighted by Crippen LogP contribution is 2.52. The molecule has 0 aromatic heterocycles. The van der Waals surface area contributed by atoms with Gasteiger partial charge in [0.25, 0.3) is 0 Å². The average Bonchev–Trinajstić information content (AvgIpc) is 2.90. The Morgan fingerprint density at radius 3 is 2.45 bits per heavy atom. The van der Waals surface area contributed by atoms with Crippen LogP contribution in [0.25, 0.3) is 0 Å². The van der Waals surface area contributed by atoms with Gasteiger partial charge in [-0.2, -0.15) is 0 Å². The topological polar surface area (TPSA) is 209 Å². The van der Waals surface area contributed by atoms with Crippen LogP contribution in [-0.2, 0) is 15.9 Å². The van der Waals surface area contributed by atoms with Crippen LogP contribution in [-0.4, -0.2) is 92.2 Å². The summed E-state index contributed by atoms with van der Waals surface area (Å²) in [5, 5.41) is 64.4. The summed E-state index contributed by atoms with van der Waals surface area (Å²) < 4.78 is 17.1. The van der Waals surface area contributed by atoms with Crippen molar-refractivity contribution in [3.63, 3.8) is 0 Å². The molecule has 7 atom stereocenters. The zero-order valence-electron chi connectivity index (χ0n) is 21.7. The van der Waals surface area contributed by atoms with E-state index in [9.17, 15) is 40.2 Å². The van der Waals surface area contributed by atoms with Crippen molar-refractivity contribution >= 4 is 24.0 Å². The van der Waals surface area contributed by atoms with Gasteiger partial charge >= 0.3 is 0 Å². The zero-order chi connectivity index (χ0) is 28.4. The number of aliphatic hydroxyl groups is 4. The number of aromatic hydroxyl groups is 2. The van der Waals surface area contributed by atoms with E-state index in [1.807, 2.05) is 0 Å². The molecular formula is C27H32ClNO11. The fourth-order valence-electron chi connectivity index (χ4n) is 5.84. The molecule has 0 radical (unpaired) electrons. The maximum atomic E-state index is 13.7. The van der Waals surface area contributed by atoms with Crippen molar-refractivity contribution in [2.24, 2.45) is 5.73 Å². The third kappa shape index (κ3) is 4.54. The molecule has 2 aromatic carbocycles. The van der Waals surface area contributed by atoms with Gasteiger partial charge in [-0.15, -0.1) is 12.4 Å². The van der Waals surface area contributed by atoms with Gasteiger partial charge in [-0.05, 0) is 13.0 Å². The number of fused-ring (bicyclic) bond motifs is 3. The van der Waals surface area contributed by atoms with Crippen molar-refractivity contribution in [1.82, 2.24) is 0 Å². The van der Waals surface area contributed by atoms with Crippen molar-refractivity contribution in [2.45, 2.75) is 68.5 Å². The molecule has 0 saturated carbocycles. The Bertz CT molecular complexity index is 1340. The lowest BCUT2D eigenvalue weighted by atomic mass is 9.71. The number of nitrogens with two attached hydrogens (primary N) is 1. The molecule has 0 amide bonds. The third-order valence-corrected chi connectivity index (χ3v) is 7.97. The molecule has 12 nitrogen and oxygen atoms in total. The molecule has 1 saturated heterocycles. The minimum absolute atomic E-state index is 0. The first-order valence-corrected chi connectivity index (χ1v) is 12.6. The van der Waals surface area contributed by atoms with E-state index in [2.05, 4.69) is 0 Å². The number of carbonyl (C=O) groups excluding carboxylic acids is 2. The Balaban J connectivity index is 0.00000370. The van der Waals surface area contributed by atoms with Crippen molar-refractivity contribution in [1.29, 1.82) is 0 Å². The van der Waals surface area contributed by atoms with Gasteiger partial charge in [-0.25, -0.2) is 0 Å². The van der Waals surface area contributed by atoms with Crippen LogP contribution in [0.4, 0.5) is 0 Å². The number of hydrogen-bond donors (Lipinski definition) is 7. The third-order valence-electron chi connectivity index (χ3n) is 7.97. The molecule has 8 N–H and O–H groups in total. The fraction of sp³-hybridized carbons (Fsp3) is 0.481. The Hall–Kier alpha value is -2.81. The van der Waals surface area contributed by atoms with E-state index in [0.717, 1.165) is 0 Å². The van der Waals surface area contributed by atoms with Crippen LogP contribution < -0.4 is 10.5 Å². The molecule has 3 aliphatic rings. The second kappa shape index (κ2) is 10.9. The average molecular weight is 582 g/mol. The summed E-state index contributed by atoms with van der Waals surface area (Å²) in [7, 11) is 1.33. The zero-order valence-corrected chi connectivity index (χ0v) is 22.6. The van der Waals surface area contributed by atoms with Crippen molar-refractivity contribution in [3.05, 3.63) is 51.6 Å². The summed E-state index contributed by atoms with van der Waals surface area (Å²) in [5.41, 5.74) is 2.77. The van der Waals surface area contributed by atoms with Crippen LogP contribution in [0.15, 0.2) is 18.2 Å². The predicted molar refractivity (Wildman–Crippen MR) is 140 cm³/mol. The Morgan fingerprint density at radius 1 is 1.15 bits per heavy atom. The molecule has 1 heterocycles. The molecule has 218 valence electrons. The second-order valence-corrected chi connectivity index (χ2v) is 10.3. The summed E-state index contributed by atoms with van der Waals surface area (Å²) in [5.74, 6) is -2.68. The predicted octanol–water partition coefficient (Wildman–Crippen LogP) is 0.215. The molecule has 1 fully saturated rings. The van der Waals surface area contributed by atoms with E-state index in [1.165, 1.54) is 25.3 Å². The number of ether oxygens (including phenoxy) is 3. The molecular weight excluding hydrogens is 550 g/mol. The van der Waals surface area contributed by atoms with Gasteiger partial charge in [0, 0.05) is 42.0 Å². The highest BCUT2D eigenvalue weighted by atomic mass is 35.5. The Labute approximate surface area is 235 Å². The normalized spacial score (nSPS) is 30.0. The van der Waals surface area contributed by atoms with Gasteiger partial charge in [0.2, 0.25) is 5.78 Å². The van der Waals surface area contributed by atoms with Crippen LogP contribution in [0.2, 0.25) is 0 Å². The van der Waals surface area contributed by atoms with E-state index in [1.54, 1.807) is 6.92 Å². The van der Waals surface area contributed by atoms with Gasteiger partial charge in [-0.1, -0.05) is 12.1 Å². The maximum absolute atomic E-state index is 13.7. The van der Waals surface area contributed by atoms with Crippen LogP contribution in [0.3, 0.4) is 0 Å². The van der Waals surface area contributed by atoms with Crippen molar-refractivity contribution in [3.8, 4) is 17.2 Å². The monoisotopic (exact) mass is 581 g/mol. The second-order valence-electron chi connectivity index (χ2n) is 10.3. The molecule has 1 aliphatic heterocycles. The molecule has 0 unspecified atom stereocenters. The number of aliphatic hydroxyl groups excluding tert-OH is 3. The molecule has 0 spiro atoms. The van der Waals surface area contributed by atoms with E-state index in [-0.39, 0.29) is 53.3 Å². The minimum atomic E-state index is -2.05. The van der Waals surface area contributed by atoms with Gasteiger partial charge in [0.05, 0.1) is 54.3 Å². The molecule has 5 rings (SSSR count). The van der Waals surface area contributed by atoms with Crippen molar-refractivity contribution < 1.29 is 54.4 Å². The molecule has 2 aromatic rings. The van der Waals surface area contributed by atoms with Gasteiger partial charge in [0.15, 0.2) is 12.1 Å². The van der Waals surface area contributed by atoms with Crippen LogP contribution in [0, 0.1) is 0 Å². The van der Waals surface area contributed by atoms with E-state index < -0.39 is 89.6 Å². The SMILES string of the molecule is COc1cccc2c1C(=O)c1c(O)c3c(c(O)c1C2=O)C[C@@](O)([C@@H](O)CO)C[C@@H]3O[C@H]1C[C@H](N)[C@H](O)[C@H](C)O1.Cl. The van der Waals surface area contributed by atoms with Gasteiger partial charge in [-0.3, -0.25) is 9.59 Å². The molecule has 2 aliphatic carbocycles. The Morgan fingerprint density at radius 2 is 1.82 bits per heavy atom. The fourth-order valence-corrected chi connectivity index (χ4v) is 5.84. The number of benzene rings is 2. The number of phenols is 2. The lowest BCUT2D eigenvalue weighted by Crippen LogP contribution is -2.53. The number of hydrogen-bond acceptors (Lipinski definition) is 12. The highest BCUT2D eigenvalue weighted by molar-refractivity contribution is 6.31. The van der Waals surface area contributed by atoms with Gasteiger partial charge in [0.1, 0.15) is 23.4 Å². The number of halogens is 1. The summed E-state index contributed by atoms with van der Waals surface area (Å²) in [6.07, 6.45) is -6.45. The maximum Gasteiger partial charge on any atom is 0.202 e. The standard InChI is InChI=1S/C27H31NO11.ClH/c1-10-22(31)13(28)6-17(38-10)39-15-8-27(36,16(30)9-29)7-12-19(15)26(35)21-20(24(12)33)23(32)11-4-3-5-14(37-2)18(11)25(21)34;/h3-5,10,13,15-17,22,29-31,33,35-36H,6-9,28H2,1-2H3;1H/t10-,13-,15-,16-,17-,22+,27-;/m0./s1. The lowest BCUT2D eigenvalue weighted by Gasteiger charge is -2.44. The van der Waals surface area contributed by atoms with Crippen molar-refractivity contribution in [2.75, 3.05) is 13.7 Å². The van der Waals surface area contributed by atoms with Crippen LogP contribution >= 0.6 is 12.4 Å². The quantitative estimate of drug-likeness (QED) is 0.202. The minimum Gasteiger partial charge on any atom is -0.507 e. The smallest absolute Gasteiger partial charge is 0.202 e. The number of rotatable bonds is 5. The first-order chi connectivity index (χ1) is 18.4. The summed E-state index contributed by atoms with van der Waals surface area (Å²) in [6, 6.07) is 3.69. The largest absolute Gasteiger partial charge is 0.507 e. The number of phenolic OH excluding ortho intramolecular Hbond substituents is 2. The number of carbonyl (C=O) groups is 2.